The Hall–Kier alpha value is -2.31. The van der Waals surface area contributed by atoms with Gasteiger partial charge in [-0.15, -0.1) is 0 Å². The van der Waals surface area contributed by atoms with Crippen LogP contribution in [0, 0.1) is 6.92 Å². The van der Waals surface area contributed by atoms with Gasteiger partial charge in [-0.3, -0.25) is 9.89 Å². The van der Waals surface area contributed by atoms with E-state index in [4.69, 9.17) is 11.6 Å². The second-order valence-corrected chi connectivity index (χ2v) is 8.07. The summed E-state index contributed by atoms with van der Waals surface area (Å²) in [6.07, 6.45) is 3.81. The van der Waals surface area contributed by atoms with Crippen molar-refractivity contribution in [1.82, 2.24) is 20.5 Å². The lowest BCUT2D eigenvalue weighted by Crippen LogP contribution is -2.47. The Balaban J connectivity index is 1.28. The van der Waals surface area contributed by atoms with Crippen LogP contribution in [0.25, 0.3) is 0 Å². The maximum atomic E-state index is 5.82. The predicted molar refractivity (Wildman–Crippen MR) is 127 cm³/mol. The van der Waals surface area contributed by atoms with Gasteiger partial charge in [0, 0.05) is 58.2 Å². The van der Waals surface area contributed by atoms with Gasteiger partial charge in [0.2, 0.25) is 0 Å². The van der Waals surface area contributed by atoms with Crippen molar-refractivity contribution in [3.63, 3.8) is 0 Å². The average molecular weight is 429 g/mol. The zero-order valence-corrected chi connectivity index (χ0v) is 18.8. The Labute approximate surface area is 185 Å². The minimum absolute atomic E-state index is 0.528. The highest BCUT2D eigenvalue weighted by atomic mass is 35.5. The van der Waals surface area contributed by atoms with Crippen molar-refractivity contribution in [2.75, 3.05) is 57.8 Å². The maximum Gasteiger partial charge on any atom is 0.190 e. The van der Waals surface area contributed by atoms with Crippen molar-refractivity contribution < 1.29 is 0 Å². The molecule has 1 aliphatic rings. The molecular weight excluding hydrogens is 396 g/mol. The van der Waals surface area contributed by atoms with E-state index < -0.39 is 0 Å². The number of benzene rings is 1. The molecule has 3 rings (SSSR count). The number of nitrogens with zero attached hydrogens (tertiary/aromatic N) is 4. The summed E-state index contributed by atoms with van der Waals surface area (Å²) < 4.78 is 0. The van der Waals surface area contributed by atoms with Gasteiger partial charge >= 0.3 is 0 Å². The fraction of sp³-hybridized carbons (Fsp3) is 0.478. The molecule has 1 aromatic heterocycles. The van der Waals surface area contributed by atoms with Crippen LogP contribution in [0.15, 0.2) is 47.6 Å². The van der Waals surface area contributed by atoms with Crippen LogP contribution in [0.4, 0.5) is 5.69 Å². The van der Waals surface area contributed by atoms with Crippen molar-refractivity contribution >= 4 is 23.2 Å². The molecular formula is C23H33ClN6. The molecule has 1 aromatic carbocycles. The summed E-state index contributed by atoms with van der Waals surface area (Å²) >= 11 is 5.82. The van der Waals surface area contributed by atoms with Crippen molar-refractivity contribution in [2.45, 2.75) is 19.8 Å². The molecule has 2 N–H and O–H groups in total. The number of aliphatic imine (C=N–C) groups is 1. The van der Waals surface area contributed by atoms with Crippen LogP contribution in [0.2, 0.25) is 5.15 Å². The van der Waals surface area contributed by atoms with Crippen LogP contribution in [0.1, 0.15) is 17.5 Å². The molecule has 0 saturated carbocycles. The van der Waals surface area contributed by atoms with Gasteiger partial charge in [0.15, 0.2) is 5.96 Å². The summed E-state index contributed by atoms with van der Waals surface area (Å²) in [6.45, 7) is 9.43. The Morgan fingerprint density at radius 2 is 1.90 bits per heavy atom. The highest BCUT2D eigenvalue weighted by Crippen LogP contribution is 2.17. The van der Waals surface area contributed by atoms with E-state index in [-0.39, 0.29) is 0 Å². The van der Waals surface area contributed by atoms with Gasteiger partial charge < -0.3 is 15.5 Å². The Morgan fingerprint density at radius 1 is 1.10 bits per heavy atom. The smallest absolute Gasteiger partial charge is 0.190 e. The van der Waals surface area contributed by atoms with Crippen LogP contribution in [0.5, 0.6) is 0 Å². The molecule has 0 atom stereocenters. The van der Waals surface area contributed by atoms with Crippen LogP contribution in [0.3, 0.4) is 0 Å². The van der Waals surface area contributed by atoms with E-state index in [9.17, 15) is 0 Å². The Kier molecular flexibility index (Phi) is 8.78. The molecule has 2 aromatic rings. The van der Waals surface area contributed by atoms with Gasteiger partial charge in [0.05, 0.1) is 0 Å². The number of rotatable bonds is 8. The van der Waals surface area contributed by atoms with Gasteiger partial charge in [0.1, 0.15) is 5.15 Å². The van der Waals surface area contributed by atoms with E-state index in [0.717, 1.165) is 70.2 Å². The minimum Gasteiger partial charge on any atom is -0.369 e. The number of nitrogens with one attached hydrogen (secondary N) is 2. The van der Waals surface area contributed by atoms with E-state index in [0.29, 0.717) is 5.15 Å². The number of hydrogen-bond acceptors (Lipinski definition) is 4. The molecule has 2 heterocycles. The van der Waals surface area contributed by atoms with Gasteiger partial charge in [-0.1, -0.05) is 29.8 Å². The van der Waals surface area contributed by atoms with Gasteiger partial charge in [-0.05, 0) is 55.6 Å². The normalized spacial score (nSPS) is 15.3. The summed E-state index contributed by atoms with van der Waals surface area (Å²) in [6, 6.07) is 12.6. The zero-order valence-electron chi connectivity index (χ0n) is 18.1. The number of pyridine rings is 1. The van der Waals surface area contributed by atoms with E-state index >= 15 is 0 Å². The second kappa shape index (κ2) is 11.8. The second-order valence-electron chi connectivity index (χ2n) is 7.69. The molecule has 0 amide bonds. The molecule has 7 heteroatoms. The zero-order chi connectivity index (χ0) is 21.2. The molecule has 0 aliphatic carbocycles. The number of aromatic nitrogens is 1. The molecule has 0 spiro atoms. The van der Waals surface area contributed by atoms with Gasteiger partial charge in [0.25, 0.3) is 0 Å². The fourth-order valence-corrected chi connectivity index (χ4v) is 3.78. The quantitative estimate of drug-likeness (QED) is 0.293. The summed E-state index contributed by atoms with van der Waals surface area (Å²) in [5.41, 5.74) is 3.83. The molecule has 1 fully saturated rings. The highest BCUT2D eigenvalue weighted by molar-refractivity contribution is 6.29. The molecule has 0 bridgehead atoms. The topological polar surface area (TPSA) is 55.8 Å². The lowest BCUT2D eigenvalue weighted by Gasteiger charge is -2.36. The Morgan fingerprint density at radius 3 is 2.60 bits per heavy atom. The maximum absolute atomic E-state index is 5.82. The first-order chi connectivity index (χ1) is 14.6. The molecule has 6 nitrogen and oxygen atoms in total. The minimum atomic E-state index is 0.528. The predicted octanol–water partition coefficient (Wildman–Crippen LogP) is 2.96. The highest BCUT2D eigenvalue weighted by Gasteiger charge is 2.16. The lowest BCUT2D eigenvalue weighted by atomic mass is 10.2. The van der Waals surface area contributed by atoms with E-state index in [1.54, 1.807) is 0 Å². The van der Waals surface area contributed by atoms with E-state index in [2.05, 4.69) is 61.6 Å². The molecule has 0 unspecified atom stereocenters. The third-order valence-electron chi connectivity index (χ3n) is 5.40. The third kappa shape index (κ3) is 7.18. The number of halogens is 1. The summed E-state index contributed by atoms with van der Waals surface area (Å²) in [5, 5.41) is 7.30. The third-order valence-corrected chi connectivity index (χ3v) is 5.62. The number of aryl methyl sites for hydroxylation is 1. The molecule has 162 valence electrons. The largest absolute Gasteiger partial charge is 0.369 e. The van der Waals surface area contributed by atoms with Crippen LogP contribution in [-0.2, 0) is 6.42 Å². The molecule has 1 saturated heterocycles. The van der Waals surface area contributed by atoms with Crippen LogP contribution in [-0.4, -0.2) is 68.7 Å². The first-order valence-corrected chi connectivity index (χ1v) is 11.1. The van der Waals surface area contributed by atoms with E-state index in [1.165, 1.54) is 11.3 Å². The van der Waals surface area contributed by atoms with Crippen molar-refractivity contribution in [3.05, 3.63) is 58.9 Å². The number of hydrogen-bond donors (Lipinski definition) is 2. The molecule has 30 heavy (non-hydrogen) atoms. The average Bonchev–Trinajstić information content (AvgIpc) is 2.77. The molecule has 1 aliphatic heterocycles. The molecule has 0 radical (unpaired) electrons. The number of anilines is 1. The fourth-order valence-electron chi connectivity index (χ4n) is 3.66. The van der Waals surface area contributed by atoms with Crippen molar-refractivity contribution in [1.29, 1.82) is 0 Å². The first-order valence-electron chi connectivity index (χ1n) is 10.7. The lowest BCUT2D eigenvalue weighted by molar-refractivity contribution is 0.255. The Bertz CT molecular complexity index is 800. The SMILES string of the molecule is CN=C(NCCCN1CCN(c2cccc(C)c2)CC1)NCCc1ccc(Cl)nc1. The monoisotopic (exact) mass is 428 g/mol. The van der Waals surface area contributed by atoms with Crippen LogP contribution < -0.4 is 15.5 Å². The standard InChI is InChI=1S/C23H33ClN6/c1-19-5-3-6-21(17-19)30-15-13-29(14-16-30)12-4-10-26-23(25-2)27-11-9-20-7-8-22(24)28-18-20/h3,5-8,17-18H,4,9-16H2,1-2H3,(H2,25,26,27). The summed E-state index contributed by atoms with van der Waals surface area (Å²) in [7, 11) is 1.81. The number of piperazine rings is 1. The summed E-state index contributed by atoms with van der Waals surface area (Å²) in [4.78, 5) is 13.5. The van der Waals surface area contributed by atoms with E-state index in [1.807, 2.05) is 25.4 Å². The van der Waals surface area contributed by atoms with Crippen molar-refractivity contribution in [2.24, 2.45) is 4.99 Å². The first kappa shape index (κ1) is 22.4. The summed E-state index contributed by atoms with van der Waals surface area (Å²) in [5.74, 6) is 0.848. The number of guanidine groups is 1. The van der Waals surface area contributed by atoms with Gasteiger partial charge in [-0.25, -0.2) is 4.98 Å². The van der Waals surface area contributed by atoms with Crippen molar-refractivity contribution in [3.8, 4) is 0 Å². The van der Waals surface area contributed by atoms with Crippen LogP contribution >= 0.6 is 11.6 Å². The van der Waals surface area contributed by atoms with Gasteiger partial charge in [-0.2, -0.15) is 0 Å².